The molecular formula is C21H23N3O7. The standard InChI is InChI=1S/C21H23N3O7/c1-2-31-17(25)12-16(13-8-10-15(11-9-13)24(29)30)18(20(22)27)23-21(28)19(26)14-6-4-3-5-7-14/h3-11,16,18-19,26H,2,12H2,1H3,(H2,22,27)(H,23,28)/t16-,18+,19+/m1/s1. The number of nitrogens with zero attached hydrogens (tertiary/aromatic N) is 1. The Morgan fingerprint density at radius 1 is 1.10 bits per heavy atom. The van der Waals surface area contributed by atoms with Crippen LogP contribution in [0.1, 0.15) is 36.5 Å². The minimum absolute atomic E-state index is 0.103. The molecule has 0 fully saturated rings. The lowest BCUT2D eigenvalue weighted by Crippen LogP contribution is -2.50. The fraction of sp³-hybridized carbons (Fsp3) is 0.286. The number of esters is 1. The largest absolute Gasteiger partial charge is 0.466 e. The van der Waals surface area contributed by atoms with Gasteiger partial charge in [0.2, 0.25) is 5.91 Å². The number of nitrogens with one attached hydrogen (secondary N) is 1. The molecule has 0 aliphatic rings. The Kier molecular flexibility index (Phi) is 8.21. The first-order valence-corrected chi connectivity index (χ1v) is 9.47. The molecule has 10 heteroatoms. The zero-order valence-corrected chi connectivity index (χ0v) is 16.8. The Labute approximate surface area is 178 Å². The van der Waals surface area contributed by atoms with Gasteiger partial charge in [-0.15, -0.1) is 0 Å². The molecular weight excluding hydrogens is 406 g/mol. The van der Waals surface area contributed by atoms with E-state index >= 15 is 0 Å². The maximum Gasteiger partial charge on any atom is 0.306 e. The number of nitrogens with two attached hydrogens (primary N) is 1. The highest BCUT2D eigenvalue weighted by molar-refractivity contribution is 5.90. The van der Waals surface area contributed by atoms with Crippen molar-refractivity contribution in [2.24, 2.45) is 5.73 Å². The molecule has 2 rings (SSSR count). The van der Waals surface area contributed by atoms with Crippen molar-refractivity contribution < 1.29 is 29.2 Å². The third kappa shape index (κ3) is 6.34. The van der Waals surface area contributed by atoms with Gasteiger partial charge in [-0.3, -0.25) is 24.5 Å². The molecule has 2 aromatic carbocycles. The van der Waals surface area contributed by atoms with E-state index in [2.05, 4.69) is 5.32 Å². The highest BCUT2D eigenvalue weighted by Gasteiger charge is 2.34. The summed E-state index contributed by atoms with van der Waals surface area (Å²) in [5, 5.41) is 23.6. The molecule has 0 radical (unpaired) electrons. The number of nitro benzene ring substituents is 1. The normalized spacial score (nSPS) is 13.5. The summed E-state index contributed by atoms with van der Waals surface area (Å²) >= 11 is 0. The zero-order chi connectivity index (χ0) is 23.0. The molecule has 3 atom stereocenters. The van der Waals surface area contributed by atoms with Gasteiger partial charge in [0.05, 0.1) is 18.0 Å². The maximum absolute atomic E-state index is 12.6. The van der Waals surface area contributed by atoms with Gasteiger partial charge >= 0.3 is 5.97 Å². The van der Waals surface area contributed by atoms with Crippen LogP contribution in [0, 0.1) is 10.1 Å². The Balaban J connectivity index is 2.34. The summed E-state index contributed by atoms with van der Waals surface area (Å²) in [6.07, 6.45) is -1.89. The lowest BCUT2D eigenvalue weighted by Gasteiger charge is -2.26. The van der Waals surface area contributed by atoms with Crippen LogP contribution in [0.3, 0.4) is 0 Å². The van der Waals surface area contributed by atoms with Crippen LogP contribution < -0.4 is 11.1 Å². The number of aliphatic hydroxyl groups excluding tert-OH is 1. The number of primary amides is 1. The average Bonchev–Trinajstić information content (AvgIpc) is 2.76. The van der Waals surface area contributed by atoms with Crippen LogP contribution >= 0.6 is 0 Å². The minimum Gasteiger partial charge on any atom is -0.466 e. The summed E-state index contributed by atoms with van der Waals surface area (Å²) in [6.45, 7) is 1.72. The second-order valence-corrected chi connectivity index (χ2v) is 6.67. The van der Waals surface area contributed by atoms with E-state index in [9.17, 15) is 29.6 Å². The molecule has 31 heavy (non-hydrogen) atoms. The summed E-state index contributed by atoms with van der Waals surface area (Å²) in [4.78, 5) is 47.2. The quantitative estimate of drug-likeness (QED) is 0.291. The van der Waals surface area contributed by atoms with Crippen LogP contribution in [0.15, 0.2) is 54.6 Å². The molecule has 10 nitrogen and oxygen atoms in total. The van der Waals surface area contributed by atoms with Crippen LogP contribution in [0.25, 0.3) is 0 Å². The summed E-state index contributed by atoms with van der Waals surface area (Å²) in [7, 11) is 0. The highest BCUT2D eigenvalue weighted by atomic mass is 16.6. The van der Waals surface area contributed by atoms with Crippen LogP contribution in [-0.2, 0) is 19.1 Å². The predicted octanol–water partition coefficient (Wildman–Crippen LogP) is 1.34. The molecule has 0 aromatic heterocycles. The second kappa shape index (κ2) is 10.8. The zero-order valence-electron chi connectivity index (χ0n) is 16.8. The second-order valence-electron chi connectivity index (χ2n) is 6.67. The number of carbonyl (C=O) groups is 3. The molecule has 0 spiro atoms. The van der Waals surface area contributed by atoms with Crippen molar-refractivity contribution in [3.8, 4) is 0 Å². The van der Waals surface area contributed by atoms with Gasteiger partial charge in [-0.05, 0) is 18.1 Å². The molecule has 2 amide bonds. The number of aliphatic hydroxyl groups is 1. The molecule has 164 valence electrons. The van der Waals surface area contributed by atoms with Crippen LogP contribution in [-0.4, -0.2) is 40.5 Å². The molecule has 0 saturated carbocycles. The average molecular weight is 429 g/mol. The molecule has 0 aliphatic carbocycles. The summed E-state index contributed by atoms with van der Waals surface area (Å²) in [5.74, 6) is -3.44. The molecule has 0 saturated heterocycles. The number of non-ortho nitro benzene ring substituents is 1. The van der Waals surface area contributed by atoms with Gasteiger partial charge < -0.3 is 20.9 Å². The first-order valence-electron chi connectivity index (χ1n) is 9.47. The van der Waals surface area contributed by atoms with Crippen molar-refractivity contribution in [3.05, 3.63) is 75.8 Å². The van der Waals surface area contributed by atoms with Gasteiger partial charge in [-0.1, -0.05) is 42.5 Å². The van der Waals surface area contributed by atoms with Crippen LogP contribution in [0.4, 0.5) is 5.69 Å². The van der Waals surface area contributed by atoms with E-state index in [1.807, 2.05) is 0 Å². The number of benzene rings is 2. The molecule has 0 heterocycles. The Hall–Kier alpha value is -3.79. The highest BCUT2D eigenvalue weighted by Crippen LogP contribution is 2.27. The van der Waals surface area contributed by atoms with Gasteiger partial charge in [0.1, 0.15) is 6.04 Å². The number of nitro groups is 1. The van der Waals surface area contributed by atoms with E-state index in [1.165, 1.54) is 36.4 Å². The van der Waals surface area contributed by atoms with E-state index in [0.717, 1.165) is 0 Å². The number of rotatable bonds is 10. The first kappa shape index (κ1) is 23.5. The van der Waals surface area contributed by atoms with Crippen molar-refractivity contribution >= 4 is 23.5 Å². The Morgan fingerprint density at radius 3 is 2.23 bits per heavy atom. The van der Waals surface area contributed by atoms with E-state index < -0.39 is 40.8 Å². The van der Waals surface area contributed by atoms with Crippen molar-refractivity contribution in [3.63, 3.8) is 0 Å². The SMILES string of the molecule is CCOC(=O)C[C@H](c1ccc([N+](=O)[O-])cc1)[C@H](NC(=O)[C@@H](O)c1ccccc1)C(N)=O. The van der Waals surface area contributed by atoms with Crippen LogP contribution in [0.5, 0.6) is 0 Å². The maximum atomic E-state index is 12.6. The molecule has 0 bridgehead atoms. The monoisotopic (exact) mass is 429 g/mol. The molecule has 0 unspecified atom stereocenters. The van der Waals surface area contributed by atoms with Gasteiger partial charge in [0.25, 0.3) is 11.6 Å². The third-order valence-electron chi connectivity index (χ3n) is 4.59. The number of hydrogen-bond acceptors (Lipinski definition) is 7. The minimum atomic E-state index is -1.57. The fourth-order valence-corrected chi connectivity index (χ4v) is 3.06. The Morgan fingerprint density at radius 2 is 1.71 bits per heavy atom. The van der Waals surface area contributed by atoms with Crippen molar-refractivity contribution in [1.82, 2.24) is 5.32 Å². The molecule has 0 aliphatic heterocycles. The molecule has 2 aromatic rings. The number of carbonyl (C=O) groups excluding carboxylic acids is 3. The van der Waals surface area contributed by atoms with Gasteiger partial charge in [-0.25, -0.2) is 0 Å². The van der Waals surface area contributed by atoms with E-state index in [1.54, 1.807) is 25.1 Å². The lowest BCUT2D eigenvalue weighted by molar-refractivity contribution is -0.384. The van der Waals surface area contributed by atoms with Gasteiger partial charge in [-0.2, -0.15) is 0 Å². The topological polar surface area (TPSA) is 162 Å². The summed E-state index contributed by atoms with van der Waals surface area (Å²) < 4.78 is 4.95. The smallest absolute Gasteiger partial charge is 0.306 e. The van der Waals surface area contributed by atoms with Crippen molar-refractivity contribution in [1.29, 1.82) is 0 Å². The lowest BCUT2D eigenvalue weighted by atomic mass is 9.87. The predicted molar refractivity (Wildman–Crippen MR) is 110 cm³/mol. The van der Waals surface area contributed by atoms with Crippen molar-refractivity contribution in [2.45, 2.75) is 31.4 Å². The summed E-state index contributed by atoms with van der Waals surface area (Å²) in [6, 6.07) is 11.9. The fourth-order valence-electron chi connectivity index (χ4n) is 3.06. The number of hydrogen-bond donors (Lipinski definition) is 3. The molecule has 4 N–H and O–H groups in total. The van der Waals surface area contributed by atoms with E-state index in [-0.39, 0.29) is 18.7 Å². The summed E-state index contributed by atoms with van der Waals surface area (Å²) in [5.41, 5.74) is 5.98. The number of amides is 2. The van der Waals surface area contributed by atoms with E-state index in [0.29, 0.717) is 11.1 Å². The first-order chi connectivity index (χ1) is 14.7. The van der Waals surface area contributed by atoms with Crippen LogP contribution in [0.2, 0.25) is 0 Å². The Bertz CT molecular complexity index is 932. The third-order valence-corrected chi connectivity index (χ3v) is 4.59. The van der Waals surface area contributed by atoms with Crippen molar-refractivity contribution in [2.75, 3.05) is 6.61 Å². The van der Waals surface area contributed by atoms with Gasteiger partial charge in [0.15, 0.2) is 6.10 Å². The number of ether oxygens (including phenoxy) is 1. The van der Waals surface area contributed by atoms with Gasteiger partial charge in [0, 0.05) is 18.1 Å². The van der Waals surface area contributed by atoms with E-state index in [4.69, 9.17) is 10.5 Å².